The first-order chi connectivity index (χ1) is 30.3. The lowest BCUT2D eigenvalue weighted by molar-refractivity contribution is -0.172. The van der Waals surface area contributed by atoms with Crippen LogP contribution in [-0.2, 0) is 67.9 Å². The monoisotopic (exact) mass is 882 g/mol. The lowest BCUT2D eigenvalue weighted by Gasteiger charge is -2.31. The number of nitrogens with one attached hydrogen (secondary N) is 2. The molecule has 63 heavy (non-hydrogen) atoms. The number of unbranched alkanes of at least 4 members (excludes halogenated alkanes) is 3. The maximum absolute atomic E-state index is 13.6. The molecule has 0 spiro atoms. The van der Waals surface area contributed by atoms with Crippen molar-refractivity contribution in [2.75, 3.05) is 72.6 Å². The van der Waals surface area contributed by atoms with E-state index in [0.29, 0.717) is 81.8 Å². The lowest BCUT2D eigenvalue weighted by atomic mass is 9.86. The predicted octanol–water partition coefficient (Wildman–Crippen LogP) is 4.82. The Hall–Kier alpha value is -5.14. The topological polar surface area (TPSA) is 221 Å². The minimum atomic E-state index is -1.90. The molecule has 0 unspecified atom stereocenters. The lowest BCUT2D eigenvalue weighted by Crippen LogP contribution is -2.44. The quantitative estimate of drug-likeness (QED) is 0.0462. The molecule has 5 rings (SSSR count). The Labute approximate surface area is 367 Å². The molecule has 1 atom stereocenters. The number of esters is 2. The maximum atomic E-state index is 13.6. The summed E-state index contributed by atoms with van der Waals surface area (Å²) in [6.07, 6.45) is 2.97. The van der Waals surface area contributed by atoms with Crippen molar-refractivity contribution in [1.82, 2.24) is 20.2 Å². The van der Waals surface area contributed by atoms with Crippen LogP contribution in [0, 0.1) is 0 Å². The molecule has 2 aliphatic rings. The Kier molecular flexibility index (Phi) is 18.2. The maximum Gasteiger partial charge on any atom is 0.412 e. The van der Waals surface area contributed by atoms with E-state index in [1.54, 1.807) is 35.8 Å². The first-order valence-electron chi connectivity index (χ1n) is 21.8. The molecule has 18 heteroatoms. The van der Waals surface area contributed by atoms with Crippen molar-refractivity contribution in [3.05, 3.63) is 56.9 Å². The number of aliphatic hydroxyl groups is 1. The van der Waals surface area contributed by atoms with Gasteiger partial charge in [-0.2, -0.15) is 0 Å². The summed E-state index contributed by atoms with van der Waals surface area (Å²) in [5.74, 6) is -0.704. The Morgan fingerprint density at radius 1 is 0.825 bits per heavy atom. The van der Waals surface area contributed by atoms with Crippen LogP contribution < -0.4 is 20.9 Å². The standard InChI is InChI=1S/C45H62N4O14/c1-6-31-32-26-30(12-13-36(32)48-39-33(31)28-49-37(39)27-35-34(40(49)51)29-61-41(52)45(35,55)7-2)62-43(54)47-16-11-9-8-10-15-46-42(53)60-25-24-59-23-22-58-21-20-57-19-18-56-17-14-38(50)63-44(3,4)5/h12-13,26-27,55H,6-11,14-25,28-29H2,1-5H3,(H,46,53)(H,47,54)/t45-/m0/s1. The van der Waals surface area contributed by atoms with Crippen LogP contribution in [0.5, 0.6) is 5.75 Å². The van der Waals surface area contributed by atoms with Crippen molar-refractivity contribution >= 4 is 35.0 Å². The van der Waals surface area contributed by atoms with Crippen molar-refractivity contribution in [3.8, 4) is 17.1 Å². The second kappa shape index (κ2) is 23.5. The number of hydrogen-bond acceptors (Lipinski definition) is 15. The molecule has 2 aliphatic heterocycles. The van der Waals surface area contributed by atoms with E-state index in [2.05, 4.69) is 10.6 Å². The van der Waals surface area contributed by atoms with Crippen LogP contribution in [-0.4, -0.2) is 117 Å². The zero-order valence-electron chi connectivity index (χ0n) is 37.1. The fourth-order valence-corrected chi connectivity index (χ4v) is 7.29. The van der Waals surface area contributed by atoms with E-state index >= 15 is 0 Å². The van der Waals surface area contributed by atoms with E-state index in [-0.39, 0.29) is 68.5 Å². The van der Waals surface area contributed by atoms with Crippen LogP contribution in [0.15, 0.2) is 29.1 Å². The molecule has 0 saturated carbocycles. The molecule has 3 aromatic rings. The number of aryl methyl sites for hydroxylation is 1. The fourth-order valence-electron chi connectivity index (χ4n) is 7.29. The minimum Gasteiger partial charge on any atom is -0.460 e. The molecule has 0 aliphatic carbocycles. The van der Waals surface area contributed by atoms with Crippen LogP contribution in [0.3, 0.4) is 0 Å². The highest BCUT2D eigenvalue weighted by atomic mass is 16.6. The van der Waals surface area contributed by atoms with Crippen LogP contribution in [0.4, 0.5) is 9.59 Å². The zero-order chi connectivity index (χ0) is 45.4. The third-order valence-electron chi connectivity index (χ3n) is 10.4. The van der Waals surface area contributed by atoms with Gasteiger partial charge in [-0.3, -0.25) is 9.59 Å². The van der Waals surface area contributed by atoms with Crippen molar-refractivity contribution in [1.29, 1.82) is 0 Å². The molecule has 0 bridgehead atoms. The summed E-state index contributed by atoms with van der Waals surface area (Å²) >= 11 is 0. The van der Waals surface area contributed by atoms with E-state index < -0.39 is 29.4 Å². The Balaban J connectivity index is 0.889. The highest BCUT2D eigenvalue weighted by molar-refractivity contribution is 5.90. The number of carbonyl (C=O) groups excluding carboxylic acids is 4. The number of amides is 2. The molecule has 4 heterocycles. The number of fused-ring (bicyclic) bond motifs is 5. The Bertz CT molecular complexity index is 2120. The van der Waals surface area contributed by atoms with Gasteiger partial charge >= 0.3 is 24.1 Å². The second-order valence-electron chi connectivity index (χ2n) is 16.1. The van der Waals surface area contributed by atoms with E-state index in [9.17, 15) is 29.1 Å². The number of nitrogens with zero attached hydrogens (tertiary/aromatic N) is 2. The van der Waals surface area contributed by atoms with Crippen molar-refractivity contribution in [2.45, 2.75) is 104 Å². The summed E-state index contributed by atoms with van der Waals surface area (Å²) < 4.78 is 44.4. The van der Waals surface area contributed by atoms with E-state index in [1.165, 1.54) is 0 Å². The second-order valence-corrected chi connectivity index (χ2v) is 16.1. The van der Waals surface area contributed by atoms with E-state index in [1.807, 2.05) is 27.7 Å². The number of hydrogen-bond donors (Lipinski definition) is 3. The molecule has 346 valence electrons. The third-order valence-corrected chi connectivity index (χ3v) is 10.4. The number of benzene rings is 1. The first kappa shape index (κ1) is 48.9. The molecular formula is C45H62N4O14. The summed E-state index contributed by atoms with van der Waals surface area (Å²) in [7, 11) is 0. The SMILES string of the molecule is CCc1c2c(nc3ccc(OC(=O)NCCCCCCNC(=O)OCCOCCOCCOCCOCCC(=O)OC(C)(C)C)cc13)-c1cc3c(c(=O)n1C2)COC(=O)[C@]3(O)CC. The van der Waals surface area contributed by atoms with Gasteiger partial charge in [-0.25, -0.2) is 19.4 Å². The van der Waals surface area contributed by atoms with Gasteiger partial charge < -0.3 is 58.2 Å². The first-order valence-corrected chi connectivity index (χ1v) is 21.8. The minimum absolute atomic E-state index is 0.0621. The van der Waals surface area contributed by atoms with E-state index in [4.69, 9.17) is 42.9 Å². The zero-order valence-corrected chi connectivity index (χ0v) is 37.1. The highest BCUT2D eigenvalue weighted by Crippen LogP contribution is 2.40. The number of aromatic nitrogens is 2. The molecule has 0 saturated heterocycles. The Morgan fingerprint density at radius 2 is 1.44 bits per heavy atom. The number of cyclic esters (lactones) is 1. The third kappa shape index (κ3) is 13.7. The molecule has 0 fully saturated rings. The van der Waals surface area contributed by atoms with Crippen molar-refractivity contribution in [3.63, 3.8) is 0 Å². The van der Waals surface area contributed by atoms with Gasteiger partial charge in [-0.1, -0.05) is 26.7 Å². The highest BCUT2D eigenvalue weighted by Gasteiger charge is 2.45. The summed E-state index contributed by atoms with van der Waals surface area (Å²) in [4.78, 5) is 67.3. The van der Waals surface area contributed by atoms with Gasteiger partial charge in [0.05, 0.1) is 88.3 Å². The molecule has 3 N–H and O–H groups in total. The van der Waals surface area contributed by atoms with Gasteiger partial charge in [0, 0.05) is 29.6 Å². The van der Waals surface area contributed by atoms with Gasteiger partial charge in [0.2, 0.25) is 0 Å². The van der Waals surface area contributed by atoms with Gasteiger partial charge in [-0.05, 0) is 76.3 Å². The smallest absolute Gasteiger partial charge is 0.412 e. The van der Waals surface area contributed by atoms with E-state index in [0.717, 1.165) is 42.2 Å². The number of rotatable bonds is 25. The van der Waals surface area contributed by atoms with Gasteiger partial charge in [0.15, 0.2) is 5.60 Å². The largest absolute Gasteiger partial charge is 0.460 e. The van der Waals surface area contributed by atoms with Crippen molar-refractivity contribution in [2.24, 2.45) is 0 Å². The van der Waals surface area contributed by atoms with Gasteiger partial charge in [0.1, 0.15) is 24.6 Å². The van der Waals surface area contributed by atoms with Crippen LogP contribution in [0.25, 0.3) is 22.3 Å². The molecule has 2 amide bonds. The molecule has 2 aromatic heterocycles. The number of carbonyl (C=O) groups is 4. The van der Waals surface area contributed by atoms with Crippen LogP contribution in [0.1, 0.15) is 95.4 Å². The van der Waals surface area contributed by atoms with Gasteiger partial charge in [0.25, 0.3) is 5.56 Å². The molecule has 18 nitrogen and oxygen atoms in total. The number of alkyl carbamates (subject to hydrolysis) is 1. The molecular weight excluding hydrogens is 821 g/mol. The summed E-state index contributed by atoms with van der Waals surface area (Å²) in [5, 5.41) is 17.5. The van der Waals surface area contributed by atoms with Crippen LogP contribution in [0.2, 0.25) is 0 Å². The van der Waals surface area contributed by atoms with Crippen LogP contribution >= 0.6 is 0 Å². The van der Waals surface area contributed by atoms with Gasteiger partial charge in [-0.15, -0.1) is 0 Å². The predicted molar refractivity (Wildman–Crippen MR) is 229 cm³/mol. The summed E-state index contributed by atoms with van der Waals surface area (Å²) in [6.45, 7) is 13.1. The Morgan fingerprint density at radius 3 is 2.06 bits per heavy atom. The molecule has 0 radical (unpaired) electrons. The number of pyridine rings is 2. The van der Waals surface area contributed by atoms with Crippen molar-refractivity contribution < 1.29 is 62.2 Å². The molecule has 1 aromatic carbocycles. The summed E-state index contributed by atoms with van der Waals surface area (Å²) in [5.41, 5.74) is 1.44. The fraction of sp³-hybridized carbons (Fsp3) is 0.600. The average molecular weight is 883 g/mol. The number of ether oxygens (including phenoxy) is 8. The normalized spacial score (nSPS) is 15.3. The summed E-state index contributed by atoms with van der Waals surface area (Å²) in [6, 6.07) is 6.91. The average Bonchev–Trinajstić information content (AvgIpc) is 3.61.